The largest absolute Gasteiger partial charge is 0.406 e. The molecule has 3 heterocycles. The molecular formula is C19H15F3N4. The van der Waals surface area contributed by atoms with Crippen LogP contribution in [0.15, 0.2) is 67.3 Å². The number of hydrogen-bond acceptors (Lipinski definition) is 2. The average molecular weight is 356 g/mol. The third-order valence-electron chi connectivity index (χ3n) is 4.14. The van der Waals surface area contributed by atoms with E-state index in [1.165, 1.54) is 4.57 Å². The van der Waals surface area contributed by atoms with Crippen molar-refractivity contribution in [3.63, 3.8) is 0 Å². The monoisotopic (exact) mass is 356 g/mol. The lowest BCUT2D eigenvalue weighted by Gasteiger charge is -2.12. The van der Waals surface area contributed by atoms with Crippen LogP contribution < -0.4 is 0 Å². The fourth-order valence-corrected chi connectivity index (χ4v) is 3.06. The molecule has 3 aromatic heterocycles. The maximum Gasteiger partial charge on any atom is 0.406 e. The molecule has 0 amide bonds. The second-order valence-electron chi connectivity index (χ2n) is 6.08. The normalized spacial score (nSPS) is 12.0. The lowest BCUT2D eigenvalue weighted by Crippen LogP contribution is -2.18. The molecule has 0 fully saturated rings. The summed E-state index contributed by atoms with van der Waals surface area (Å²) in [6.07, 6.45) is 2.48. The van der Waals surface area contributed by atoms with Crippen LogP contribution in [0.1, 0.15) is 5.56 Å². The smallest absolute Gasteiger partial charge is 0.331 e. The zero-order chi connectivity index (χ0) is 18.1. The Morgan fingerprint density at radius 2 is 1.85 bits per heavy atom. The van der Waals surface area contributed by atoms with Gasteiger partial charge in [-0.1, -0.05) is 24.3 Å². The number of aromatic nitrogens is 4. The highest BCUT2D eigenvalue weighted by Crippen LogP contribution is 2.31. The molecule has 0 aliphatic rings. The molecule has 0 bridgehead atoms. The Morgan fingerprint density at radius 1 is 1.00 bits per heavy atom. The van der Waals surface area contributed by atoms with E-state index < -0.39 is 12.7 Å². The summed E-state index contributed by atoms with van der Waals surface area (Å²) < 4.78 is 42.2. The SMILES string of the molecule is FC(F)(F)Cn1c(-c2cnn(Cc3cccnc3)c2)cc2ccccc21. The van der Waals surface area contributed by atoms with Crippen LogP contribution in [0.3, 0.4) is 0 Å². The number of benzene rings is 1. The molecule has 1 aromatic carbocycles. The summed E-state index contributed by atoms with van der Waals surface area (Å²) in [5.74, 6) is 0. The second-order valence-corrected chi connectivity index (χ2v) is 6.08. The highest BCUT2D eigenvalue weighted by molar-refractivity contribution is 5.86. The van der Waals surface area contributed by atoms with Crippen molar-refractivity contribution in [2.75, 3.05) is 0 Å². The number of pyridine rings is 1. The molecule has 0 saturated heterocycles. The number of para-hydroxylation sites is 1. The first-order valence-corrected chi connectivity index (χ1v) is 8.06. The topological polar surface area (TPSA) is 35.6 Å². The van der Waals surface area contributed by atoms with Crippen molar-refractivity contribution in [3.8, 4) is 11.3 Å². The molecule has 4 aromatic rings. The van der Waals surface area contributed by atoms with E-state index in [0.29, 0.717) is 23.3 Å². The maximum atomic E-state index is 13.1. The van der Waals surface area contributed by atoms with Gasteiger partial charge in [0.05, 0.1) is 18.4 Å². The van der Waals surface area contributed by atoms with Crippen LogP contribution in [0.25, 0.3) is 22.2 Å². The van der Waals surface area contributed by atoms with Crippen molar-refractivity contribution in [2.45, 2.75) is 19.3 Å². The van der Waals surface area contributed by atoms with Gasteiger partial charge in [-0.05, 0) is 23.8 Å². The summed E-state index contributed by atoms with van der Waals surface area (Å²) in [6, 6.07) is 12.6. The van der Waals surface area contributed by atoms with Crippen molar-refractivity contribution in [1.82, 2.24) is 19.3 Å². The Labute approximate surface area is 147 Å². The van der Waals surface area contributed by atoms with Crippen LogP contribution in [-0.2, 0) is 13.1 Å². The standard InChI is InChI=1S/C19H15F3N4/c20-19(21,22)13-26-17-6-2-1-5-15(17)8-18(26)16-10-24-25(12-16)11-14-4-3-7-23-9-14/h1-10,12H,11,13H2. The minimum Gasteiger partial charge on any atom is -0.331 e. The van der Waals surface area contributed by atoms with Gasteiger partial charge in [-0.25, -0.2) is 0 Å². The summed E-state index contributed by atoms with van der Waals surface area (Å²) >= 11 is 0. The molecule has 0 aliphatic heterocycles. The van der Waals surface area contributed by atoms with Gasteiger partial charge in [0.25, 0.3) is 0 Å². The van der Waals surface area contributed by atoms with Gasteiger partial charge >= 0.3 is 6.18 Å². The minimum absolute atomic E-state index is 0.501. The van der Waals surface area contributed by atoms with E-state index in [0.717, 1.165) is 10.9 Å². The first-order chi connectivity index (χ1) is 12.5. The summed E-state index contributed by atoms with van der Waals surface area (Å²) in [7, 11) is 0. The van der Waals surface area contributed by atoms with Crippen molar-refractivity contribution in [1.29, 1.82) is 0 Å². The zero-order valence-electron chi connectivity index (χ0n) is 13.7. The first kappa shape index (κ1) is 16.4. The molecule has 0 aliphatic carbocycles. The molecule has 0 N–H and O–H groups in total. The average Bonchev–Trinajstić information content (AvgIpc) is 3.20. The summed E-state index contributed by atoms with van der Waals surface area (Å²) in [5, 5.41) is 5.06. The second kappa shape index (κ2) is 6.33. The minimum atomic E-state index is -4.30. The first-order valence-electron chi connectivity index (χ1n) is 8.06. The quantitative estimate of drug-likeness (QED) is 0.539. The van der Waals surface area contributed by atoms with E-state index in [9.17, 15) is 13.2 Å². The predicted molar refractivity (Wildman–Crippen MR) is 92.6 cm³/mol. The molecule has 0 spiro atoms. The number of nitrogens with zero attached hydrogens (tertiary/aromatic N) is 4. The van der Waals surface area contributed by atoms with E-state index in [1.54, 1.807) is 47.7 Å². The van der Waals surface area contributed by atoms with Crippen LogP contribution in [0.4, 0.5) is 13.2 Å². The Morgan fingerprint density at radius 3 is 2.62 bits per heavy atom. The van der Waals surface area contributed by atoms with E-state index >= 15 is 0 Å². The van der Waals surface area contributed by atoms with Gasteiger partial charge in [-0.2, -0.15) is 18.3 Å². The van der Waals surface area contributed by atoms with Crippen LogP contribution in [-0.4, -0.2) is 25.5 Å². The molecule has 7 heteroatoms. The highest BCUT2D eigenvalue weighted by atomic mass is 19.4. The van der Waals surface area contributed by atoms with Crippen molar-refractivity contribution >= 4 is 10.9 Å². The van der Waals surface area contributed by atoms with Gasteiger partial charge < -0.3 is 4.57 Å². The molecule has 132 valence electrons. The highest BCUT2D eigenvalue weighted by Gasteiger charge is 2.30. The number of fused-ring (bicyclic) bond motifs is 1. The lowest BCUT2D eigenvalue weighted by molar-refractivity contribution is -0.139. The molecule has 26 heavy (non-hydrogen) atoms. The van der Waals surface area contributed by atoms with Crippen LogP contribution in [0, 0.1) is 0 Å². The Hall–Kier alpha value is -3.09. The molecule has 0 unspecified atom stereocenters. The van der Waals surface area contributed by atoms with E-state index in [2.05, 4.69) is 10.1 Å². The van der Waals surface area contributed by atoms with Crippen LogP contribution in [0.2, 0.25) is 0 Å². The lowest BCUT2D eigenvalue weighted by atomic mass is 10.2. The molecule has 4 nitrogen and oxygen atoms in total. The van der Waals surface area contributed by atoms with Crippen molar-refractivity contribution in [2.24, 2.45) is 0 Å². The number of alkyl halides is 3. The van der Waals surface area contributed by atoms with Gasteiger partial charge in [0.15, 0.2) is 0 Å². The molecule has 0 atom stereocenters. The van der Waals surface area contributed by atoms with E-state index in [-0.39, 0.29) is 0 Å². The van der Waals surface area contributed by atoms with Crippen LogP contribution in [0.5, 0.6) is 0 Å². The van der Waals surface area contributed by atoms with Gasteiger partial charge in [0, 0.05) is 35.1 Å². The summed E-state index contributed by atoms with van der Waals surface area (Å²) in [6.45, 7) is -0.531. The number of halogens is 3. The Bertz CT molecular complexity index is 1030. The molecule has 4 rings (SSSR count). The fourth-order valence-electron chi connectivity index (χ4n) is 3.06. The van der Waals surface area contributed by atoms with Crippen molar-refractivity contribution in [3.05, 3.63) is 72.8 Å². The third-order valence-corrected chi connectivity index (χ3v) is 4.14. The van der Waals surface area contributed by atoms with Gasteiger partial charge in [0.2, 0.25) is 0 Å². The summed E-state index contributed by atoms with van der Waals surface area (Å²) in [5.41, 5.74) is 2.67. The molecule has 0 radical (unpaired) electrons. The Kier molecular flexibility index (Phi) is 3.99. The predicted octanol–water partition coefficient (Wildman–Crippen LogP) is 4.51. The van der Waals surface area contributed by atoms with Gasteiger partial charge in [0.1, 0.15) is 6.54 Å². The Balaban J connectivity index is 1.73. The zero-order valence-corrected chi connectivity index (χ0v) is 13.7. The number of rotatable bonds is 4. The maximum absolute atomic E-state index is 13.1. The summed E-state index contributed by atoms with van der Waals surface area (Å²) in [4.78, 5) is 4.06. The van der Waals surface area contributed by atoms with E-state index in [4.69, 9.17) is 0 Å². The molecule has 0 saturated carbocycles. The fraction of sp³-hybridized carbons (Fsp3) is 0.158. The van der Waals surface area contributed by atoms with E-state index in [1.807, 2.05) is 24.3 Å². The van der Waals surface area contributed by atoms with Crippen molar-refractivity contribution < 1.29 is 13.2 Å². The third kappa shape index (κ3) is 3.33. The van der Waals surface area contributed by atoms with Gasteiger partial charge in [-0.15, -0.1) is 0 Å². The molecular weight excluding hydrogens is 341 g/mol. The number of hydrogen-bond donors (Lipinski definition) is 0. The van der Waals surface area contributed by atoms with Crippen LogP contribution >= 0.6 is 0 Å². The van der Waals surface area contributed by atoms with Gasteiger partial charge in [-0.3, -0.25) is 9.67 Å².